The molecule has 0 spiro atoms. The Hall–Kier alpha value is -1.94. The van der Waals surface area contributed by atoms with Gasteiger partial charge in [0.1, 0.15) is 0 Å². The van der Waals surface area contributed by atoms with Crippen molar-refractivity contribution in [2.45, 2.75) is 13.2 Å². The number of pyridine rings is 2. The summed E-state index contributed by atoms with van der Waals surface area (Å²) in [7, 11) is 1.98. The molecule has 17 heavy (non-hydrogen) atoms. The molecule has 4 nitrogen and oxygen atoms in total. The highest BCUT2D eigenvalue weighted by atomic mass is 16.3. The van der Waals surface area contributed by atoms with E-state index in [1.54, 1.807) is 18.6 Å². The second-order valence-corrected chi connectivity index (χ2v) is 3.84. The first kappa shape index (κ1) is 11.5. The zero-order chi connectivity index (χ0) is 12.1. The highest BCUT2D eigenvalue weighted by molar-refractivity contribution is 5.51. The van der Waals surface area contributed by atoms with Crippen molar-refractivity contribution in [3.63, 3.8) is 0 Å². The first-order valence-corrected chi connectivity index (χ1v) is 5.46. The number of hydrogen-bond donors (Lipinski definition) is 1. The molecule has 0 aromatic carbocycles. The molecular formula is C13H15N3O. The van der Waals surface area contributed by atoms with E-state index in [4.69, 9.17) is 0 Å². The molecule has 0 saturated heterocycles. The summed E-state index contributed by atoms with van der Waals surface area (Å²) >= 11 is 0. The van der Waals surface area contributed by atoms with Crippen LogP contribution in [0.3, 0.4) is 0 Å². The minimum Gasteiger partial charge on any atom is -0.392 e. The number of aliphatic hydroxyl groups is 1. The van der Waals surface area contributed by atoms with Crippen LogP contribution in [0.4, 0.5) is 5.69 Å². The summed E-state index contributed by atoms with van der Waals surface area (Å²) in [5, 5.41) is 9.25. The lowest BCUT2D eigenvalue weighted by atomic mass is 10.2. The molecule has 0 atom stereocenters. The molecule has 2 aromatic heterocycles. The van der Waals surface area contributed by atoms with E-state index in [2.05, 4.69) is 14.9 Å². The minimum absolute atomic E-state index is 0.00423. The summed E-state index contributed by atoms with van der Waals surface area (Å²) in [4.78, 5) is 10.3. The van der Waals surface area contributed by atoms with Crippen LogP contribution in [0.1, 0.15) is 11.3 Å². The number of hydrogen-bond acceptors (Lipinski definition) is 4. The molecule has 0 saturated carbocycles. The topological polar surface area (TPSA) is 49.2 Å². The fourth-order valence-corrected chi connectivity index (χ4v) is 1.73. The largest absolute Gasteiger partial charge is 0.392 e. The number of rotatable bonds is 4. The number of aromatic nitrogens is 2. The smallest absolute Gasteiger partial charge is 0.0717 e. The predicted octanol–water partition coefficient (Wildman–Crippen LogP) is 1.61. The molecule has 0 aliphatic carbocycles. The van der Waals surface area contributed by atoms with Crippen LogP contribution in [0.5, 0.6) is 0 Å². The number of aliphatic hydroxyl groups excluding tert-OH is 1. The van der Waals surface area contributed by atoms with Crippen molar-refractivity contribution in [1.29, 1.82) is 0 Å². The molecule has 0 fully saturated rings. The Kier molecular flexibility index (Phi) is 3.67. The average Bonchev–Trinajstić information content (AvgIpc) is 2.40. The van der Waals surface area contributed by atoms with Crippen LogP contribution in [-0.2, 0) is 13.2 Å². The Bertz CT molecular complexity index is 473. The molecule has 2 aromatic rings. The summed E-state index contributed by atoms with van der Waals surface area (Å²) in [6.07, 6.45) is 5.19. The highest BCUT2D eigenvalue weighted by Crippen LogP contribution is 2.19. The van der Waals surface area contributed by atoms with Gasteiger partial charge in [-0.05, 0) is 18.2 Å². The lowest BCUT2D eigenvalue weighted by Crippen LogP contribution is -2.18. The maximum atomic E-state index is 9.25. The van der Waals surface area contributed by atoms with Gasteiger partial charge in [-0.15, -0.1) is 0 Å². The van der Waals surface area contributed by atoms with Gasteiger partial charge in [0.25, 0.3) is 0 Å². The summed E-state index contributed by atoms with van der Waals surface area (Å²) in [5.41, 5.74) is 2.80. The molecule has 88 valence electrons. The van der Waals surface area contributed by atoms with E-state index in [0.717, 1.165) is 16.9 Å². The van der Waals surface area contributed by atoms with Gasteiger partial charge in [-0.3, -0.25) is 9.97 Å². The standard InChI is InChI=1S/C13H15N3O/c1-16(9-12-4-2-3-6-15-12)13-5-7-14-8-11(13)10-17/h2-8,17H,9-10H2,1H3. The molecule has 0 aliphatic heterocycles. The summed E-state index contributed by atoms with van der Waals surface area (Å²) in [5.74, 6) is 0. The molecule has 4 heteroatoms. The Morgan fingerprint density at radius 3 is 2.82 bits per heavy atom. The second kappa shape index (κ2) is 5.41. The zero-order valence-electron chi connectivity index (χ0n) is 9.74. The van der Waals surface area contributed by atoms with Crippen molar-refractivity contribution in [3.05, 3.63) is 54.1 Å². The van der Waals surface area contributed by atoms with Crippen LogP contribution in [-0.4, -0.2) is 22.1 Å². The first-order chi connectivity index (χ1) is 8.31. The van der Waals surface area contributed by atoms with Crippen molar-refractivity contribution in [2.24, 2.45) is 0 Å². The third kappa shape index (κ3) is 2.79. The maximum absolute atomic E-state index is 9.25. The van der Waals surface area contributed by atoms with Gasteiger partial charge in [-0.25, -0.2) is 0 Å². The van der Waals surface area contributed by atoms with Crippen LogP contribution in [0.25, 0.3) is 0 Å². The van der Waals surface area contributed by atoms with Gasteiger partial charge in [0.05, 0.1) is 18.8 Å². The van der Waals surface area contributed by atoms with Gasteiger partial charge in [0, 0.05) is 36.9 Å². The molecule has 0 unspecified atom stereocenters. The van der Waals surface area contributed by atoms with Crippen molar-refractivity contribution >= 4 is 5.69 Å². The summed E-state index contributed by atoms with van der Waals surface area (Å²) in [6, 6.07) is 7.75. The highest BCUT2D eigenvalue weighted by Gasteiger charge is 2.07. The van der Waals surface area contributed by atoms with Crippen LogP contribution in [0, 0.1) is 0 Å². The third-order valence-electron chi connectivity index (χ3n) is 2.58. The van der Waals surface area contributed by atoms with Crippen LogP contribution >= 0.6 is 0 Å². The Morgan fingerprint density at radius 2 is 2.12 bits per heavy atom. The van der Waals surface area contributed by atoms with Gasteiger partial charge in [0.2, 0.25) is 0 Å². The van der Waals surface area contributed by atoms with Crippen molar-refractivity contribution in [1.82, 2.24) is 9.97 Å². The van der Waals surface area contributed by atoms with Crippen LogP contribution in [0.2, 0.25) is 0 Å². The van der Waals surface area contributed by atoms with Gasteiger partial charge in [-0.1, -0.05) is 6.07 Å². The first-order valence-electron chi connectivity index (χ1n) is 5.46. The SMILES string of the molecule is CN(Cc1ccccn1)c1ccncc1CO. The van der Waals surface area contributed by atoms with Crippen LogP contribution in [0.15, 0.2) is 42.9 Å². The van der Waals surface area contributed by atoms with Crippen molar-refractivity contribution in [2.75, 3.05) is 11.9 Å². The maximum Gasteiger partial charge on any atom is 0.0717 e. The van der Waals surface area contributed by atoms with Crippen LogP contribution < -0.4 is 4.90 Å². The monoisotopic (exact) mass is 229 g/mol. The average molecular weight is 229 g/mol. The third-order valence-corrected chi connectivity index (χ3v) is 2.58. The second-order valence-electron chi connectivity index (χ2n) is 3.84. The molecular weight excluding hydrogens is 214 g/mol. The fourth-order valence-electron chi connectivity index (χ4n) is 1.73. The van der Waals surface area contributed by atoms with E-state index in [0.29, 0.717) is 6.54 Å². The molecule has 0 radical (unpaired) electrons. The Balaban J connectivity index is 2.17. The zero-order valence-corrected chi connectivity index (χ0v) is 9.74. The molecule has 0 aliphatic rings. The molecule has 2 heterocycles. The molecule has 2 rings (SSSR count). The summed E-state index contributed by atoms with van der Waals surface area (Å²) in [6.45, 7) is 0.702. The quantitative estimate of drug-likeness (QED) is 0.865. The molecule has 0 bridgehead atoms. The van der Waals surface area contributed by atoms with Gasteiger partial charge in [-0.2, -0.15) is 0 Å². The van der Waals surface area contributed by atoms with E-state index in [1.165, 1.54) is 0 Å². The van der Waals surface area contributed by atoms with Gasteiger partial charge >= 0.3 is 0 Å². The summed E-state index contributed by atoms with van der Waals surface area (Å²) < 4.78 is 0. The van der Waals surface area contributed by atoms with Crippen molar-refractivity contribution in [3.8, 4) is 0 Å². The van der Waals surface area contributed by atoms with E-state index < -0.39 is 0 Å². The number of nitrogens with zero attached hydrogens (tertiary/aromatic N) is 3. The molecule has 0 amide bonds. The molecule has 1 N–H and O–H groups in total. The van der Waals surface area contributed by atoms with Gasteiger partial charge < -0.3 is 10.0 Å². The lowest BCUT2D eigenvalue weighted by molar-refractivity contribution is 0.281. The fraction of sp³-hybridized carbons (Fsp3) is 0.231. The minimum atomic E-state index is -0.00423. The lowest BCUT2D eigenvalue weighted by Gasteiger charge is -2.21. The number of anilines is 1. The van der Waals surface area contributed by atoms with E-state index in [9.17, 15) is 5.11 Å². The van der Waals surface area contributed by atoms with Crippen molar-refractivity contribution < 1.29 is 5.11 Å². The Labute approximate surface area is 101 Å². The van der Waals surface area contributed by atoms with E-state index in [-0.39, 0.29) is 6.61 Å². The normalized spacial score (nSPS) is 10.2. The van der Waals surface area contributed by atoms with E-state index in [1.807, 2.05) is 31.3 Å². The van der Waals surface area contributed by atoms with Gasteiger partial charge in [0.15, 0.2) is 0 Å². The predicted molar refractivity (Wildman–Crippen MR) is 66.5 cm³/mol. The van der Waals surface area contributed by atoms with E-state index >= 15 is 0 Å². The Morgan fingerprint density at radius 1 is 1.24 bits per heavy atom.